The van der Waals surface area contributed by atoms with E-state index < -0.39 is 0 Å². The summed E-state index contributed by atoms with van der Waals surface area (Å²) in [5.41, 5.74) is 1.22. The number of rotatable bonds is 7. The summed E-state index contributed by atoms with van der Waals surface area (Å²) in [5.74, 6) is -0.0682. The van der Waals surface area contributed by atoms with Gasteiger partial charge >= 0.3 is 5.97 Å². The van der Waals surface area contributed by atoms with Crippen LogP contribution in [0.2, 0.25) is 0 Å². The van der Waals surface area contributed by atoms with Gasteiger partial charge in [-0.05, 0) is 45.6 Å². The molecule has 1 fully saturated rings. The zero-order chi connectivity index (χ0) is 15.2. The van der Waals surface area contributed by atoms with Crippen LogP contribution in [0, 0.1) is 0 Å². The molecule has 0 saturated heterocycles. The molecule has 0 aliphatic heterocycles. The van der Waals surface area contributed by atoms with Gasteiger partial charge in [0.2, 0.25) is 5.91 Å². The molecule has 1 saturated carbocycles. The van der Waals surface area contributed by atoms with Crippen molar-refractivity contribution in [2.45, 2.75) is 51.0 Å². The maximum atomic E-state index is 12.6. The molecule has 0 aromatic rings. The molecule has 21 heavy (non-hydrogen) atoms. The fraction of sp³-hybridized carbons (Fsp3) is 0.750. The number of ether oxygens (including phenoxy) is 1. The van der Waals surface area contributed by atoms with E-state index in [4.69, 9.17) is 0 Å². The van der Waals surface area contributed by atoms with E-state index in [2.05, 4.69) is 10.8 Å². The zero-order valence-electron chi connectivity index (χ0n) is 13.1. The van der Waals surface area contributed by atoms with E-state index >= 15 is 0 Å². The van der Waals surface area contributed by atoms with Crippen LogP contribution in [0.1, 0.15) is 44.9 Å². The number of amides is 1. The topological polar surface area (TPSA) is 49.9 Å². The number of allylic oxidation sites excluding steroid dienone is 2. The second-order valence-corrected chi connectivity index (χ2v) is 6.00. The summed E-state index contributed by atoms with van der Waals surface area (Å²) in [6.07, 6.45) is 9.32. The number of likely N-dealkylation sites (N-methyl/N-ethyl adjacent to an activating group) is 1. The Hall–Kier alpha value is -1.36. The van der Waals surface area contributed by atoms with Crippen LogP contribution in [0.4, 0.5) is 0 Å². The van der Waals surface area contributed by atoms with Crippen molar-refractivity contribution in [3.63, 3.8) is 0 Å². The Balaban J connectivity index is 1.87. The van der Waals surface area contributed by atoms with Crippen molar-refractivity contribution in [3.8, 4) is 0 Å². The van der Waals surface area contributed by atoms with Gasteiger partial charge in [-0.2, -0.15) is 0 Å². The van der Waals surface area contributed by atoms with E-state index in [-0.39, 0.29) is 11.9 Å². The van der Waals surface area contributed by atoms with E-state index in [1.54, 1.807) is 0 Å². The van der Waals surface area contributed by atoms with Gasteiger partial charge in [0, 0.05) is 18.3 Å². The van der Waals surface area contributed by atoms with Gasteiger partial charge in [-0.15, -0.1) is 0 Å². The largest absolute Gasteiger partial charge is 0.469 e. The Morgan fingerprint density at radius 2 is 2.10 bits per heavy atom. The molecule has 0 bridgehead atoms. The lowest BCUT2D eigenvalue weighted by atomic mass is 10.0. The van der Waals surface area contributed by atoms with E-state index in [1.165, 1.54) is 25.6 Å². The molecule has 2 aliphatic carbocycles. The van der Waals surface area contributed by atoms with Crippen LogP contribution < -0.4 is 0 Å². The second kappa shape index (κ2) is 7.59. The van der Waals surface area contributed by atoms with E-state index in [1.807, 2.05) is 16.8 Å². The lowest BCUT2D eigenvalue weighted by molar-refractivity contribution is -0.141. The molecule has 0 atom stereocenters. The number of esters is 1. The second-order valence-electron chi connectivity index (χ2n) is 6.00. The SMILES string of the molecule is COC(=O)CCN(C)CC(=O)N(C1=CCCCC1)C1CC1. The molecule has 0 N–H and O–H groups in total. The van der Waals surface area contributed by atoms with Gasteiger partial charge in [-0.1, -0.05) is 6.08 Å². The lowest BCUT2D eigenvalue weighted by Gasteiger charge is -2.29. The fourth-order valence-corrected chi connectivity index (χ4v) is 2.74. The Labute approximate surface area is 126 Å². The fourth-order valence-electron chi connectivity index (χ4n) is 2.74. The highest BCUT2D eigenvalue weighted by Gasteiger charge is 2.35. The van der Waals surface area contributed by atoms with Gasteiger partial charge in [0.1, 0.15) is 0 Å². The molecule has 118 valence electrons. The summed E-state index contributed by atoms with van der Waals surface area (Å²) < 4.78 is 4.63. The molecule has 2 aliphatic rings. The molecule has 2 rings (SSSR count). The third-order valence-electron chi connectivity index (χ3n) is 4.09. The Morgan fingerprint density at radius 1 is 1.33 bits per heavy atom. The summed E-state index contributed by atoms with van der Waals surface area (Å²) in [7, 11) is 3.26. The smallest absolute Gasteiger partial charge is 0.306 e. The maximum Gasteiger partial charge on any atom is 0.306 e. The Morgan fingerprint density at radius 3 is 2.67 bits per heavy atom. The minimum absolute atomic E-state index is 0.165. The number of methoxy groups -OCH3 is 1. The molecule has 0 radical (unpaired) electrons. The Kier molecular flexibility index (Phi) is 5.79. The molecule has 1 amide bonds. The molecule has 0 heterocycles. The van der Waals surface area contributed by atoms with Crippen LogP contribution in [0.3, 0.4) is 0 Å². The quantitative estimate of drug-likeness (QED) is 0.673. The molecule has 0 unspecified atom stereocenters. The van der Waals surface area contributed by atoms with Crippen LogP contribution in [-0.2, 0) is 14.3 Å². The molecule has 5 nitrogen and oxygen atoms in total. The standard InChI is InChI=1S/C16H26N2O3/c1-17(11-10-16(20)21-2)12-15(19)18(14-8-9-14)13-6-4-3-5-7-13/h6,14H,3-5,7-12H2,1-2H3. The monoisotopic (exact) mass is 294 g/mol. The van der Waals surface area contributed by atoms with Crippen molar-refractivity contribution >= 4 is 11.9 Å². The van der Waals surface area contributed by atoms with Crippen molar-refractivity contribution in [1.29, 1.82) is 0 Å². The average Bonchev–Trinajstić information content (AvgIpc) is 3.30. The highest BCUT2D eigenvalue weighted by Crippen LogP contribution is 2.33. The van der Waals surface area contributed by atoms with Crippen LogP contribution >= 0.6 is 0 Å². The van der Waals surface area contributed by atoms with Gasteiger partial charge in [0.25, 0.3) is 0 Å². The van der Waals surface area contributed by atoms with Gasteiger partial charge in [-0.3, -0.25) is 14.5 Å². The van der Waals surface area contributed by atoms with Crippen molar-refractivity contribution < 1.29 is 14.3 Å². The van der Waals surface area contributed by atoms with Crippen molar-refractivity contribution in [2.75, 3.05) is 27.2 Å². The summed E-state index contributed by atoms with van der Waals surface area (Å²) >= 11 is 0. The van der Waals surface area contributed by atoms with Gasteiger partial charge in [-0.25, -0.2) is 0 Å². The number of carbonyl (C=O) groups excluding carboxylic acids is 2. The van der Waals surface area contributed by atoms with Gasteiger partial charge < -0.3 is 9.64 Å². The number of carbonyl (C=O) groups is 2. The summed E-state index contributed by atoms with van der Waals surface area (Å²) in [5, 5.41) is 0. The predicted octanol–water partition coefficient (Wildman–Crippen LogP) is 1.93. The molecular formula is C16H26N2O3. The van der Waals surface area contributed by atoms with Crippen molar-refractivity contribution in [2.24, 2.45) is 0 Å². The molecule has 0 aromatic carbocycles. The van der Waals surface area contributed by atoms with Gasteiger partial charge in [0.15, 0.2) is 0 Å². The van der Waals surface area contributed by atoms with Crippen molar-refractivity contribution in [1.82, 2.24) is 9.80 Å². The molecular weight excluding hydrogens is 268 g/mol. The highest BCUT2D eigenvalue weighted by molar-refractivity contribution is 5.81. The van der Waals surface area contributed by atoms with E-state index in [0.717, 1.165) is 25.7 Å². The molecule has 5 heteroatoms. The first-order valence-corrected chi connectivity index (χ1v) is 7.88. The Bertz CT molecular complexity index is 416. The summed E-state index contributed by atoms with van der Waals surface area (Å²) in [4.78, 5) is 27.6. The van der Waals surface area contributed by atoms with Crippen molar-refractivity contribution in [3.05, 3.63) is 11.8 Å². The first-order chi connectivity index (χ1) is 10.1. The van der Waals surface area contributed by atoms with Crippen LogP contribution in [-0.4, -0.2) is 55.0 Å². The summed E-state index contributed by atoms with van der Waals surface area (Å²) in [6.45, 7) is 0.917. The maximum absolute atomic E-state index is 12.6. The van der Waals surface area contributed by atoms with E-state index in [9.17, 15) is 9.59 Å². The average molecular weight is 294 g/mol. The van der Waals surface area contributed by atoms with E-state index in [0.29, 0.717) is 25.6 Å². The minimum Gasteiger partial charge on any atom is -0.469 e. The zero-order valence-corrected chi connectivity index (χ0v) is 13.1. The van der Waals surface area contributed by atoms with Gasteiger partial charge in [0.05, 0.1) is 20.1 Å². The first-order valence-electron chi connectivity index (χ1n) is 7.88. The normalized spacial score (nSPS) is 18.3. The lowest BCUT2D eigenvalue weighted by Crippen LogP contribution is -2.40. The summed E-state index contributed by atoms with van der Waals surface area (Å²) in [6, 6.07) is 0.413. The number of hydrogen-bond donors (Lipinski definition) is 0. The highest BCUT2D eigenvalue weighted by atomic mass is 16.5. The van der Waals surface area contributed by atoms with Crippen LogP contribution in [0.5, 0.6) is 0 Å². The first kappa shape index (κ1) is 16.0. The molecule has 0 aromatic heterocycles. The van der Waals surface area contributed by atoms with Crippen LogP contribution in [0.15, 0.2) is 11.8 Å². The third kappa shape index (κ3) is 4.84. The number of hydrogen-bond acceptors (Lipinski definition) is 4. The molecule has 0 spiro atoms. The third-order valence-corrected chi connectivity index (χ3v) is 4.09. The van der Waals surface area contributed by atoms with Crippen LogP contribution in [0.25, 0.3) is 0 Å². The number of nitrogens with zero attached hydrogens (tertiary/aromatic N) is 2. The predicted molar refractivity (Wildman–Crippen MR) is 80.5 cm³/mol. The minimum atomic E-state index is -0.233.